The summed E-state index contributed by atoms with van der Waals surface area (Å²) in [5.74, 6) is 7.08. The van der Waals surface area contributed by atoms with E-state index in [1.54, 1.807) is 6.92 Å². The maximum absolute atomic E-state index is 10.4. The van der Waals surface area contributed by atoms with Gasteiger partial charge in [0.2, 0.25) is 0 Å². The smallest absolute Gasteiger partial charge is 0.150 e. The van der Waals surface area contributed by atoms with Crippen LogP contribution in [0, 0.1) is 24.2 Å². The molecule has 1 aliphatic heterocycles. The molecular weight excluding hydrogens is 198 g/mol. The molecule has 0 fully saturated rings. The van der Waals surface area contributed by atoms with Gasteiger partial charge in [0.1, 0.15) is 6.29 Å². The molecule has 2 nitrogen and oxygen atoms in total. The quantitative estimate of drug-likeness (QED) is 0.514. The molecule has 0 saturated heterocycles. The molecule has 78 valence electrons. The monoisotopic (exact) mass is 209 g/mol. The molecule has 0 aromatic heterocycles. The van der Waals surface area contributed by atoms with Crippen molar-refractivity contribution in [2.45, 2.75) is 13.5 Å². The van der Waals surface area contributed by atoms with Crippen LogP contribution in [-0.4, -0.2) is 12.5 Å². The van der Waals surface area contributed by atoms with Gasteiger partial charge in [-0.15, -0.1) is 6.42 Å². The Morgan fingerprint density at radius 1 is 1.50 bits per heavy atom. The van der Waals surface area contributed by atoms with Crippen LogP contribution in [0.15, 0.2) is 23.2 Å². The Bertz CT molecular complexity index is 510. The van der Waals surface area contributed by atoms with Gasteiger partial charge < -0.3 is 0 Å². The Balaban J connectivity index is 0.000000221. The number of hydrogen-bond acceptors (Lipinski definition) is 2. The first-order valence-electron chi connectivity index (χ1n) is 4.77. The molecule has 1 aliphatic rings. The fourth-order valence-corrected chi connectivity index (χ4v) is 1.28. The molecule has 0 amide bonds. The SMILES string of the molecule is C#CC#CC.O=Cc1ccc2c(c1)CN=C2. The van der Waals surface area contributed by atoms with E-state index >= 15 is 0 Å². The molecule has 1 heterocycles. The van der Waals surface area contributed by atoms with Gasteiger partial charge in [0, 0.05) is 11.8 Å². The van der Waals surface area contributed by atoms with Gasteiger partial charge in [0.05, 0.1) is 6.54 Å². The van der Waals surface area contributed by atoms with Crippen molar-refractivity contribution in [1.82, 2.24) is 0 Å². The second-order valence-corrected chi connectivity index (χ2v) is 3.07. The number of terminal acetylenes is 1. The van der Waals surface area contributed by atoms with Crippen molar-refractivity contribution in [1.29, 1.82) is 0 Å². The van der Waals surface area contributed by atoms with Crippen molar-refractivity contribution >= 4 is 12.5 Å². The van der Waals surface area contributed by atoms with Gasteiger partial charge in [0.15, 0.2) is 0 Å². The highest BCUT2D eigenvalue weighted by Gasteiger charge is 2.05. The van der Waals surface area contributed by atoms with Crippen LogP contribution in [0.1, 0.15) is 28.4 Å². The third-order valence-electron chi connectivity index (χ3n) is 1.99. The first-order valence-corrected chi connectivity index (χ1v) is 4.77. The molecule has 0 N–H and O–H groups in total. The van der Waals surface area contributed by atoms with Crippen molar-refractivity contribution in [2.24, 2.45) is 4.99 Å². The van der Waals surface area contributed by atoms with Crippen molar-refractivity contribution < 1.29 is 4.79 Å². The van der Waals surface area contributed by atoms with Crippen LogP contribution < -0.4 is 0 Å². The molecule has 0 radical (unpaired) electrons. The van der Waals surface area contributed by atoms with E-state index in [-0.39, 0.29) is 0 Å². The molecule has 1 aromatic carbocycles. The molecule has 0 bridgehead atoms. The highest BCUT2D eigenvalue weighted by molar-refractivity contribution is 5.86. The average molecular weight is 209 g/mol. The van der Waals surface area contributed by atoms with Crippen LogP contribution in [0.25, 0.3) is 0 Å². The van der Waals surface area contributed by atoms with E-state index < -0.39 is 0 Å². The van der Waals surface area contributed by atoms with Crippen LogP contribution in [0.2, 0.25) is 0 Å². The Labute approximate surface area is 95.4 Å². The van der Waals surface area contributed by atoms with Crippen LogP contribution in [-0.2, 0) is 6.54 Å². The number of carbonyl (C=O) groups is 1. The lowest BCUT2D eigenvalue weighted by Crippen LogP contribution is -1.86. The molecule has 1 aromatic rings. The largest absolute Gasteiger partial charge is 0.298 e. The summed E-state index contributed by atoms with van der Waals surface area (Å²) < 4.78 is 0. The van der Waals surface area contributed by atoms with Gasteiger partial charge in [-0.3, -0.25) is 9.79 Å². The number of aldehydes is 1. The second-order valence-electron chi connectivity index (χ2n) is 3.07. The number of nitrogens with zero attached hydrogens (tertiary/aromatic N) is 1. The number of fused-ring (bicyclic) bond motifs is 1. The topological polar surface area (TPSA) is 29.4 Å². The Morgan fingerprint density at radius 2 is 2.31 bits per heavy atom. The van der Waals surface area contributed by atoms with E-state index in [4.69, 9.17) is 6.42 Å². The van der Waals surface area contributed by atoms with Crippen molar-refractivity contribution in [3.63, 3.8) is 0 Å². The molecule has 2 heteroatoms. The van der Waals surface area contributed by atoms with E-state index in [9.17, 15) is 4.79 Å². The minimum atomic E-state index is 0.719. The zero-order valence-electron chi connectivity index (χ0n) is 9.03. The summed E-state index contributed by atoms with van der Waals surface area (Å²) in [5, 5.41) is 0. The molecule has 0 atom stereocenters. The van der Waals surface area contributed by atoms with Gasteiger partial charge in [-0.2, -0.15) is 0 Å². The van der Waals surface area contributed by atoms with Crippen LogP contribution in [0.4, 0.5) is 0 Å². The molecular formula is C14H11NO. The van der Waals surface area contributed by atoms with Crippen molar-refractivity contribution in [2.75, 3.05) is 0 Å². The predicted molar refractivity (Wildman–Crippen MR) is 65.4 cm³/mol. The lowest BCUT2D eigenvalue weighted by Gasteiger charge is -1.95. The summed E-state index contributed by atoms with van der Waals surface area (Å²) in [6.45, 7) is 2.43. The lowest BCUT2D eigenvalue weighted by molar-refractivity contribution is 0.112. The van der Waals surface area contributed by atoms with Crippen molar-refractivity contribution in [3.05, 3.63) is 34.9 Å². The zero-order valence-corrected chi connectivity index (χ0v) is 9.03. The normalized spacial score (nSPS) is 10.0. The molecule has 0 aliphatic carbocycles. The fourth-order valence-electron chi connectivity index (χ4n) is 1.28. The van der Waals surface area contributed by atoms with Crippen LogP contribution in [0.5, 0.6) is 0 Å². The van der Waals surface area contributed by atoms with Gasteiger partial charge in [-0.05, 0) is 36.0 Å². The van der Waals surface area contributed by atoms with Crippen LogP contribution >= 0.6 is 0 Å². The van der Waals surface area contributed by atoms with E-state index in [2.05, 4.69) is 22.8 Å². The zero-order chi connectivity index (χ0) is 11.8. The fraction of sp³-hybridized carbons (Fsp3) is 0.143. The molecule has 16 heavy (non-hydrogen) atoms. The van der Waals surface area contributed by atoms with E-state index in [0.717, 1.165) is 29.5 Å². The Kier molecular flexibility index (Phi) is 4.57. The van der Waals surface area contributed by atoms with Crippen molar-refractivity contribution in [3.8, 4) is 24.2 Å². The number of aliphatic imine (C=N–C) groups is 1. The standard InChI is InChI=1S/C9H7NO.C5H4/c11-6-7-1-2-8-4-10-5-9(8)3-7;1-3-5-4-2/h1-4,6H,5H2;1H,2H3. The summed E-state index contributed by atoms with van der Waals surface area (Å²) >= 11 is 0. The van der Waals surface area contributed by atoms with Gasteiger partial charge in [-0.25, -0.2) is 0 Å². The maximum atomic E-state index is 10.4. The van der Waals surface area contributed by atoms with Gasteiger partial charge >= 0.3 is 0 Å². The maximum Gasteiger partial charge on any atom is 0.150 e. The number of benzene rings is 1. The van der Waals surface area contributed by atoms with Crippen LogP contribution in [0.3, 0.4) is 0 Å². The molecule has 0 unspecified atom stereocenters. The number of hydrogen-bond donors (Lipinski definition) is 0. The summed E-state index contributed by atoms with van der Waals surface area (Å²) in [6, 6.07) is 5.62. The van der Waals surface area contributed by atoms with Gasteiger partial charge in [0.25, 0.3) is 0 Å². The van der Waals surface area contributed by atoms with E-state index in [1.807, 2.05) is 24.4 Å². The number of rotatable bonds is 1. The third-order valence-corrected chi connectivity index (χ3v) is 1.99. The minimum Gasteiger partial charge on any atom is -0.298 e. The number of carbonyl (C=O) groups excluding carboxylic acids is 1. The first kappa shape index (κ1) is 11.8. The average Bonchev–Trinajstić information content (AvgIpc) is 2.77. The third kappa shape index (κ3) is 3.12. The van der Waals surface area contributed by atoms with E-state index in [1.165, 1.54) is 0 Å². The summed E-state index contributed by atoms with van der Waals surface area (Å²) in [4.78, 5) is 14.5. The highest BCUT2D eigenvalue weighted by atomic mass is 16.1. The second kappa shape index (κ2) is 6.22. The first-order chi connectivity index (χ1) is 7.81. The summed E-state index contributed by atoms with van der Waals surface area (Å²) in [6.07, 6.45) is 7.41. The van der Waals surface area contributed by atoms with Gasteiger partial charge in [-0.1, -0.05) is 18.1 Å². The predicted octanol–water partition coefficient (Wildman–Crippen LogP) is 2.07. The summed E-state index contributed by atoms with van der Waals surface area (Å²) in [7, 11) is 0. The Morgan fingerprint density at radius 3 is 2.88 bits per heavy atom. The molecule has 0 spiro atoms. The van der Waals surface area contributed by atoms with E-state index in [0.29, 0.717) is 0 Å². The molecule has 0 saturated carbocycles. The minimum absolute atomic E-state index is 0.719. The lowest BCUT2D eigenvalue weighted by atomic mass is 10.1. The Hall–Kier alpha value is -2.32. The highest BCUT2D eigenvalue weighted by Crippen LogP contribution is 2.14. The molecule has 2 rings (SSSR count). The summed E-state index contributed by atoms with van der Waals surface area (Å²) in [5.41, 5.74) is 3.01.